The van der Waals surface area contributed by atoms with Gasteiger partial charge in [0, 0.05) is 5.56 Å². The SMILES string of the molecule is COc1ccc(OCCNC(=O)c2cccc(OC)c2)cc1. The minimum absolute atomic E-state index is 0.155. The summed E-state index contributed by atoms with van der Waals surface area (Å²) in [7, 11) is 3.18. The topological polar surface area (TPSA) is 56.8 Å². The molecule has 0 heterocycles. The molecule has 2 aromatic carbocycles. The summed E-state index contributed by atoms with van der Waals surface area (Å²) < 4.78 is 15.7. The van der Waals surface area contributed by atoms with E-state index < -0.39 is 0 Å². The van der Waals surface area contributed by atoms with Crippen molar-refractivity contribution in [2.45, 2.75) is 0 Å². The number of hydrogen-bond donors (Lipinski definition) is 1. The predicted molar refractivity (Wildman–Crippen MR) is 83.8 cm³/mol. The zero-order valence-electron chi connectivity index (χ0n) is 12.7. The number of benzene rings is 2. The number of methoxy groups -OCH3 is 2. The van der Waals surface area contributed by atoms with E-state index in [0.29, 0.717) is 24.5 Å². The fourth-order valence-electron chi connectivity index (χ4n) is 1.87. The number of amides is 1. The Morgan fingerprint density at radius 2 is 1.64 bits per heavy atom. The third-order valence-corrected chi connectivity index (χ3v) is 3.05. The second kappa shape index (κ2) is 7.93. The van der Waals surface area contributed by atoms with Crippen LogP contribution in [0.15, 0.2) is 48.5 Å². The summed E-state index contributed by atoms with van der Waals surface area (Å²) in [5.41, 5.74) is 0.559. The molecule has 22 heavy (non-hydrogen) atoms. The Labute approximate surface area is 129 Å². The maximum Gasteiger partial charge on any atom is 0.251 e. The monoisotopic (exact) mass is 301 g/mol. The molecule has 0 atom stereocenters. The lowest BCUT2D eigenvalue weighted by Gasteiger charge is -2.09. The standard InChI is InChI=1S/C17H19NO4/c1-20-14-6-8-15(9-7-14)22-11-10-18-17(19)13-4-3-5-16(12-13)21-2/h3-9,12H,10-11H2,1-2H3,(H,18,19). The van der Waals surface area contributed by atoms with Gasteiger partial charge in [-0.25, -0.2) is 0 Å². The molecular weight excluding hydrogens is 282 g/mol. The van der Waals surface area contributed by atoms with Crippen molar-refractivity contribution in [3.63, 3.8) is 0 Å². The van der Waals surface area contributed by atoms with Crippen LogP contribution in [-0.4, -0.2) is 33.3 Å². The first kappa shape index (κ1) is 15.7. The molecule has 0 aliphatic heterocycles. The minimum atomic E-state index is -0.155. The fraction of sp³-hybridized carbons (Fsp3) is 0.235. The van der Waals surface area contributed by atoms with Crippen LogP contribution in [-0.2, 0) is 0 Å². The van der Waals surface area contributed by atoms with Gasteiger partial charge >= 0.3 is 0 Å². The number of carbonyl (C=O) groups is 1. The second-order valence-electron chi connectivity index (χ2n) is 4.51. The Morgan fingerprint density at radius 1 is 0.955 bits per heavy atom. The highest BCUT2D eigenvalue weighted by Crippen LogP contribution is 2.16. The van der Waals surface area contributed by atoms with Gasteiger partial charge in [0.1, 0.15) is 23.9 Å². The fourth-order valence-corrected chi connectivity index (χ4v) is 1.87. The maximum atomic E-state index is 12.0. The van der Waals surface area contributed by atoms with Crippen LogP contribution < -0.4 is 19.5 Å². The molecule has 0 unspecified atom stereocenters. The molecule has 2 aromatic rings. The van der Waals surface area contributed by atoms with Crippen LogP contribution in [0.3, 0.4) is 0 Å². The Balaban J connectivity index is 1.76. The molecule has 0 aliphatic carbocycles. The highest BCUT2D eigenvalue weighted by molar-refractivity contribution is 5.94. The van der Waals surface area contributed by atoms with Crippen LogP contribution in [0.1, 0.15) is 10.4 Å². The van der Waals surface area contributed by atoms with E-state index in [9.17, 15) is 4.79 Å². The van der Waals surface area contributed by atoms with Crippen molar-refractivity contribution in [3.05, 3.63) is 54.1 Å². The van der Waals surface area contributed by atoms with Gasteiger partial charge in [0.15, 0.2) is 0 Å². The van der Waals surface area contributed by atoms with E-state index in [0.717, 1.165) is 11.5 Å². The molecule has 0 aliphatic rings. The lowest BCUT2D eigenvalue weighted by atomic mass is 10.2. The van der Waals surface area contributed by atoms with Crippen molar-refractivity contribution < 1.29 is 19.0 Å². The van der Waals surface area contributed by atoms with E-state index in [2.05, 4.69) is 5.32 Å². The summed E-state index contributed by atoms with van der Waals surface area (Å²) in [5, 5.41) is 2.80. The smallest absolute Gasteiger partial charge is 0.251 e. The molecule has 1 amide bonds. The highest BCUT2D eigenvalue weighted by Gasteiger charge is 2.05. The molecule has 5 nitrogen and oxygen atoms in total. The third-order valence-electron chi connectivity index (χ3n) is 3.05. The van der Waals surface area contributed by atoms with Crippen LogP contribution in [0, 0.1) is 0 Å². The van der Waals surface area contributed by atoms with Gasteiger partial charge in [0.05, 0.1) is 20.8 Å². The van der Waals surface area contributed by atoms with Crippen molar-refractivity contribution >= 4 is 5.91 Å². The van der Waals surface area contributed by atoms with E-state index in [4.69, 9.17) is 14.2 Å². The molecule has 0 aromatic heterocycles. The number of rotatable bonds is 7. The van der Waals surface area contributed by atoms with Crippen molar-refractivity contribution in [2.75, 3.05) is 27.4 Å². The number of ether oxygens (including phenoxy) is 3. The number of carbonyl (C=O) groups excluding carboxylic acids is 1. The lowest BCUT2D eigenvalue weighted by molar-refractivity contribution is 0.0946. The Morgan fingerprint density at radius 3 is 2.32 bits per heavy atom. The molecule has 0 radical (unpaired) electrons. The summed E-state index contributed by atoms with van der Waals surface area (Å²) in [4.78, 5) is 12.0. The maximum absolute atomic E-state index is 12.0. The van der Waals surface area contributed by atoms with Gasteiger partial charge in [-0.1, -0.05) is 6.07 Å². The zero-order valence-corrected chi connectivity index (χ0v) is 12.7. The summed E-state index contributed by atoms with van der Waals surface area (Å²) in [5.74, 6) is 2.01. The Kier molecular flexibility index (Phi) is 5.65. The largest absolute Gasteiger partial charge is 0.497 e. The first-order chi connectivity index (χ1) is 10.7. The molecule has 1 N–H and O–H groups in total. The lowest BCUT2D eigenvalue weighted by Crippen LogP contribution is -2.28. The molecule has 0 spiro atoms. The first-order valence-corrected chi connectivity index (χ1v) is 6.92. The summed E-state index contributed by atoms with van der Waals surface area (Å²) in [6.07, 6.45) is 0. The quantitative estimate of drug-likeness (QED) is 0.798. The average Bonchev–Trinajstić information content (AvgIpc) is 2.59. The molecule has 2 rings (SSSR count). The highest BCUT2D eigenvalue weighted by atomic mass is 16.5. The first-order valence-electron chi connectivity index (χ1n) is 6.92. The van der Waals surface area contributed by atoms with Gasteiger partial charge in [-0.2, -0.15) is 0 Å². The molecule has 0 saturated heterocycles. The van der Waals surface area contributed by atoms with Crippen molar-refractivity contribution in [1.29, 1.82) is 0 Å². The Hall–Kier alpha value is -2.69. The van der Waals surface area contributed by atoms with Gasteiger partial charge < -0.3 is 19.5 Å². The number of nitrogens with one attached hydrogen (secondary N) is 1. The second-order valence-corrected chi connectivity index (χ2v) is 4.51. The van der Waals surface area contributed by atoms with Gasteiger partial charge in [-0.05, 0) is 42.5 Å². The molecule has 0 bridgehead atoms. The van der Waals surface area contributed by atoms with E-state index in [1.165, 1.54) is 0 Å². The summed E-state index contributed by atoms with van der Waals surface area (Å²) >= 11 is 0. The summed E-state index contributed by atoms with van der Waals surface area (Å²) in [6, 6.07) is 14.3. The number of hydrogen-bond acceptors (Lipinski definition) is 4. The van der Waals surface area contributed by atoms with Gasteiger partial charge in [-0.3, -0.25) is 4.79 Å². The van der Waals surface area contributed by atoms with Crippen molar-refractivity contribution in [2.24, 2.45) is 0 Å². The Bertz CT molecular complexity index is 610. The molecular formula is C17H19NO4. The average molecular weight is 301 g/mol. The van der Waals surface area contributed by atoms with E-state index >= 15 is 0 Å². The predicted octanol–water partition coefficient (Wildman–Crippen LogP) is 2.51. The van der Waals surface area contributed by atoms with Gasteiger partial charge in [-0.15, -0.1) is 0 Å². The van der Waals surface area contributed by atoms with Gasteiger partial charge in [0.25, 0.3) is 5.91 Å². The van der Waals surface area contributed by atoms with E-state index in [1.807, 2.05) is 24.3 Å². The molecule has 116 valence electrons. The zero-order chi connectivity index (χ0) is 15.8. The molecule has 0 fully saturated rings. The van der Waals surface area contributed by atoms with Crippen LogP contribution in [0.4, 0.5) is 0 Å². The minimum Gasteiger partial charge on any atom is -0.497 e. The van der Waals surface area contributed by atoms with Crippen molar-refractivity contribution in [1.82, 2.24) is 5.32 Å². The van der Waals surface area contributed by atoms with E-state index in [1.54, 1.807) is 38.5 Å². The normalized spacial score (nSPS) is 9.91. The van der Waals surface area contributed by atoms with Crippen LogP contribution >= 0.6 is 0 Å². The van der Waals surface area contributed by atoms with Crippen LogP contribution in [0.2, 0.25) is 0 Å². The van der Waals surface area contributed by atoms with Crippen LogP contribution in [0.5, 0.6) is 17.2 Å². The third kappa shape index (κ3) is 4.41. The van der Waals surface area contributed by atoms with E-state index in [-0.39, 0.29) is 5.91 Å². The van der Waals surface area contributed by atoms with Crippen LogP contribution in [0.25, 0.3) is 0 Å². The van der Waals surface area contributed by atoms with Crippen molar-refractivity contribution in [3.8, 4) is 17.2 Å². The molecule has 0 saturated carbocycles. The summed E-state index contributed by atoms with van der Waals surface area (Å²) in [6.45, 7) is 0.810. The van der Waals surface area contributed by atoms with Gasteiger partial charge in [0.2, 0.25) is 0 Å². The molecule has 5 heteroatoms.